The predicted molar refractivity (Wildman–Crippen MR) is 73.9 cm³/mol. The molecule has 2 rings (SSSR count). The molecule has 0 aliphatic carbocycles. The van der Waals surface area contributed by atoms with Crippen LogP contribution in [-0.2, 0) is 23.1 Å². The van der Waals surface area contributed by atoms with Gasteiger partial charge in [-0.05, 0) is 25.1 Å². The molecule has 0 spiro atoms. The summed E-state index contributed by atoms with van der Waals surface area (Å²) in [4.78, 5) is 0.679. The van der Waals surface area contributed by atoms with Crippen molar-refractivity contribution in [3.63, 3.8) is 0 Å². The lowest BCUT2D eigenvalue weighted by atomic mass is 10.3. The Bertz CT molecular complexity index is 582. The topological polar surface area (TPSA) is 60.9 Å². The molecule has 18 heavy (non-hydrogen) atoms. The molecular formula is C12H14ClN3OS. The summed E-state index contributed by atoms with van der Waals surface area (Å²) in [6, 6.07) is 5.06. The van der Waals surface area contributed by atoms with Gasteiger partial charge in [0.2, 0.25) is 0 Å². The van der Waals surface area contributed by atoms with Crippen LogP contribution in [0.5, 0.6) is 0 Å². The Morgan fingerprint density at radius 2 is 2.28 bits per heavy atom. The van der Waals surface area contributed by atoms with Crippen molar-refractivity contribution in [2.45, 2.75) is 24.1 Å². The number of nitrogens with two attached hydrogens (primary N) is 1. The first-order valence-electron chi connectivity index (χ1n) is 5.55. The van der Waals surface area contributed by atoms with E-state index in [-0.39, 0.29) is 0 Å². The molecule has 1 atom stereocenters. The average molecular weight is 284 g/mol. The fourth-order valence-electron chi connectivity index (χ4n) is 1.54. The van der Waals surface area contributed by atoms with Gasteiger partial charge in [0.1, 0.15) is 0 Å². The van der Waals surface area contributed by atoms with Crippen molar-refractivity contribution in [1.29, 1.82) is 0 Å². The van der Waals surface area contributed by atoms with Gasteiger partial charge in [0, 0.05) is 23.2 Å². The maximum absolute atomic E-state index is 12.1. The normalized spacial score (nSPS) is 12.6. The van der Waals surface area contributed by atoms with Crippen LogP contribution in [0.15, 0.2) is 35.5 Å². The number of anilines is 1. The minimum atomic E-state index is -1.13. The van der Waals surface area contributed by atoms with Crippen LogP contribution in [0.4, 0.5) is 5.69 Å². The summed E-state index contributed by atoms with van der Waals surface area (Å²) < 4.78 is 14.0. The first kappa shape index (κ1) is 13.1. The third-order valence-corrected chi connectivity index (χ3v) is 4.25. The Morgan fingerprint density at radius 1 is 1.50 bits per heavy atom. The Hall–Kier alpha value is -1.33. The molecular weight excluding hydrogens is 270 g/mol. The molecule has 4 nitrogen and oxygen atoms in total. The summed E-state index contributed by atoms with van der Waals surface area (Å²) >= 11 is 5.91. The van der Waals surface area contributed by atoms with Gasteiger partial charge in [-0.1, -0.05) is 11.6 Å². The van der Waals surface area contributed by atoms with E-state index < -0.39 is 10.8 Å². The maximum atomic E-state index is 12.1. The first-order chi connectivity index (χ1) is 8.60. The number of aromatic nitrogens is 2. The van der Waals surface area contributed by atoms with E-state index in [1.165, 1.54) is 0 Å². The first-order valence-corrected chi connectivity index (χ1v) is 7.24. The van der Waals surface area contributed by atoms with E-state index in [1.807, 2.05) is 17.8 Å². The number of nitrogens with zero attached hydrogens (tertiary/aromatic N) is 2. The summed E-state index contributed by atoms with van der Waals surface area (Å²) in [5.41, 5.74) is 7.06. The lowest BCUT2D eigenvalue weighted by Crippen LogP contribution is -1.97. The van der Waals surface area contributed by atoms with Crippen molar-refractivity contribution in [3.8, 4) is 0 Å². The SMILES string of the molecule is CCn1cc(CS(=O)c2ccc(N)c(Cl)c2)cn1. The van der Waals surface area contributed by atoms with Crippen LogP contribution in [0.2, 0.25) is 5.02 Å². The third kappa shape index (κ3) is 2.91. The van der Waals surface area contributed by atoms with Gasteiger partial charge < -0.3 is 5.73 Å². The molecule has 1 unspecified atom stereocenters. The van der Waals surface area contributed by atoms with Crippen molar-refractivity contribution >= 4 is 28.1 Å². The van der Waals surface area contributed by atoms with Gasteiger partial charge in [0.15, 0.2) is 0 Å². The lowest BCUT2D eigenvalue weighted by molar-refractivity contribution is 0.659. The van der Waals surface area contributed by atoms with E-state index in [2.05, 4.69) is 5.10 Å². The second-order valence-electron chi connectivity index (χ2n) is 3.88. The van der Waals surface area contributed by atoms with E-state index in [1.54, 1.807) is 24.4 Å². The fourth-order valence-corrected chi connectivity index (χ4v) is 2.87. The highest BCUT2D eigenvalue weighted by molar-refractivity contribution is 7.84. The summed E-state index contributed by atoms with van der Waals surface area (Å²) in [5, 5.41) is 4.58. The number of hydrogen-bond acceptors (Lipinski definition) is 3. The maximum Gasteiger partial charge on any atom is 0.0647 e. The van der Waals surface area contributed by atoms with E-state index in [0.29, 0.717) is 21.4 Å². The van der Waals surface area contributed by atoms with Gasteiger partial charge in [-0.15, -0.1) is 0 Å². The van der Waals surface area contributed by atoms with Gasteiger partial charge in [-0.2, -0.15) is 5.10 Å². The molecule has 0 saturated carbocycles. The molecule has 0 fully saturated rings. The van der Waals surface area contributed by atoms with Gasteiger partial charge in [0.25, 0.3) is 0 Å². The molecule has 96 valence electrons. The summed E-state index contributed by atoms with van der Waals surface area (Å²) in [7, 11) is -1.13. The van der Waals surface area contributed by atoms with Gasteiger partial charge in [-0.25, -0.2) is 0 Å². The quantitative estimate of drug-likeness (QED) is 0.877. The molecule has 0 radical (unpaired) electrons. The number of rotatable bonds is 4. The van der Waals surface area contributed by atoms with Crippen LogP contribution in [0.3, 0.4) is 0 Å². The van der Waals surface area contributed by atoms with Gasteiger partial charge in [-0.3, -0.25) is 8.89 Å². The molecule has 0 bridgehead atoms. The summed E-state index contributed by atoms with van der Waals surface area (Å²) in [5.74, 6) is 0.431. The van der Waals surface area contributed by atoms with Crippen LogP contribution < -0.4 is 5.73 Å². The van der Waals surface area contributed by atoms with Gasteiger partial charge in [0.05, 0.1) is 33.5 Å². The monoisotopic (exact) mass is 283 g/mol. The Morgan fingerprint density at radius 3 is 2.89 bits per heavy atom. The second kappa shape index (κ2) is 5.54. The second-order valence-corrected chi connectivity index (χ2v) is 5.74. The van der Waals surface area contributed by atoms with Crippen LogP contribution in [0.1, 0.15) is 12.5 Å². The molecule has 0 saturated heterocycles. The fraction of sp³-hybridized carbons (Fsp3) is 0.250. The minimum Gasteiger partial charge on any atom is -0.398 e. The highest BCUT2D eigenvalue weighted by Crippen LogP contribution is 2.22. The highest BCUT2D eigenvalue weighted by atomic mass is 35.5. The molecule has 1 aromatic carbocycles. The Kier molecular flexibility index (Phi) is 4.04. The van der Waals surface area contributed by atoms with Crippen molar-refractivity contribution in [2.75, 3.05) is 5.73 Å². The molecule has 0 aliphatic heterocycles. The van der Waals surface area contributed by atoms with Gasteiger partial charge >= 0.3 is 0 Å². The number of halogens is 1. The largest absolute Gasteiger partial charge is 0.398 e. The van der Waals surface area contributed by atoms with E-state index in [4.69, 9.17) is 17.3 Å². The molecule has 1 aromatic heterocycles. The summed E-state index contributed by atoms with van der Waals surface area (Å²) in [6.07, 6.45) is 3.64. The van der Waals surface area contributed by atoms with Crippen molar-refractivity contribution < 1.29 is 4.21 Å². The van der Waals surface area contributed by atoms with Crippen molar-refractivity contribution in [1.82, 2.24) is 9.78 Å². The molecule has 0 amide bonds. The van der Waals surface area contributed by atoms with Crippen LogP contribution in [0, 0.1) is 0 Å². The predicted octanol–water partition coefficient (Wildman–Crippen LogP) is 2.45. The molecule has 1 heterocycles. The minimum absolute atomic E-state index is 0.431. The number of aryl methyl sites for hydroxylation is 1. The van der Waals surface area contributed by atoms with Crippen LogP contribution >= 0.6 is 11.6 Å². The third-order valence-electron chi connectivity index (χ3n) is 2.54. The molecule has 0 aliphatic rings. The van der Waals surface area contributed by atoms with Crippen molar-refractivity contribution in [3.05, 3.63) is 41.2 Å². The van der Waals surface area contributed by atoms with E-state index >= 15 is 0 Å². The number of hydrogen-bond donors (Lipinski definition) is 1. The number of benzene rings is 1. The lowest BCUT2D eigenvalue weighted by Gasteiger charge is -2.03. The zero-order valence-corrected chi connectivity index (χ0v) is 11.5. The summed E-state index contributed by atoms with van der Waals surface area (Å²) in [6.45, 7) is 2.81. The average Bonchev–Trinajstić information content (AvgIpc) is 2.80. The standard InChI is InChI=1S/C12H14ClN3OS/c1-2-16-7-9(6-15-16)8-18(17)10-3-4-12(14)11(13)5-10/h3-7H,2,8,14H2,1H3. The van der Waals surface area contributed by atoms with Crippen LogP contribution in [0.25, 0.3) is 0 Å². The molecule has 2 N–H and O–H groups in total. The Labute approximate surface area is 113 Å². The van der Waals surface area contributed by atoms with E-state index in [0.717, 1.165) is 12.1 Å². The number of nitrogen functional groups attached to an aromatic ring is 1. The van der Waals surface area contributed by atoms with E-state index in [9.17, 15) is 4.21 Å². The highest BCUT2D eigenvalue weighted by Gasteiger charge is 2.08. The smallest absolute Gasteiger partial charge is 0.0647 e. The Balaban J connectivity index is 2.14. The van der Waals surface area contributed by atoms with Crippen molar-refractivity contribution in [2.24, 2.45) is 0 Å². The molecule has 2 aromatic rings. The molecule has 6 heteroatoms. The zero-order valence-electron chi connectivity index (χ0n) is 9.97. The zero-order chi connectivity index (χ0) is 13.1. The van der Waals surface area contributed by atoms with Crippen LogP contribution in [-0.4, -0.2) is 14.0 Å².